The Morgan fingerprint density at radius 3 is 2.67 bits per heavy atom. The van der Waals surface area contributed by atoms with Crippen molar-refractivity contribution in [1.29, 1.82) is 0 Å². The highest BCUT2D eigenvalue weighted by atomic mass is 79.9. The monoisotopic (exact) mass is 301 g/mol. The second-order valence-corrected chi connectivity index (χ2v) is 5.69. The van der Waals surface area contributed by atoms with Crippen molar-refractivity contribution < 1.29 is 0 Å². The standard InChI is InChI=1S/C16H16BrN/c17-16-7-2-1-6-15(16)13-5-3-4-12(10-13)11-18-14-8-9-14/h1-7,10,14,18H,8-9,11H2. The van der Waals surface area contributed by atoms with E-state index in [1.807, 2.05) is 6.07 Å². The summed E-state index contributed by atoms with van der Waals surface area (Å²) in [7, 11) is 0. The highest BCUT2D eigenvalue weighted by Crippen LogP contribution is 2.28. The van der Waals surface area contributed by atoms with Crippen molar-refractivity contribution in [2.24, 2.45) is 0 Å². The number of halogens is 1. The van der Waals surface area contributed by atoms with E-state index in [2.05, 4.69) is 63.7 Å². The maximum Gasteiger partial charge on any atom is 0.0253 e. The van der Waals surface area contributed by atoms with Crippen molar-refractivity contribution in [3.05, 3.63) is 58.6 Å². The van der Waals surface area contributed by atoms with Crippen LogP contribution in [0, 0.1) is 0 Å². The van der Waals surface area contributed by atoms with Crippen LogP contribution in [-0.4, -0.2) is 6.04 Å². The molecular weight excluding hydrogens is 286 g/mol. The summed E-state index contributed by atoms with van der Waals surface area (Å²) in [6, 6.07) is 17.9. The molecule has 1 aliphatic rings. The number of hydrogen-bond acceptors (Lipinski definition) is 1. The summed E-state index contributed by atoms with van der Waals surface area (Å²) in [5.74, 6) is 0. The van der Waals surface area contributed by atoms with E-state index in [0.717, 1.165) is 17.1 Å². The van der Waals surface area contributed by atoms with Crippen LogP contribution in [0.25, 0.3) is 11.1 Å². The average molecular weight is 302 g/mol. The van der Waals surface area contributed by atoms with Gasteiger partial charge in [0.2, 0.25) is 0 Å². The highest BCUT2D eigenvalue weighted by molar-refractivity contribution is 9.10. The van der Waals surface area contributed by atoms with Gasteiger partial charge in [-0.1, -0.05) is 52.3 Å². The fourth-order valence-corrected chi connectivity index (χ4v) is 2.61. The molecule has 0 unspecified atom stereocenters. The normalized spacial score (nSPS) is 14.7. The molecular formula is C16H16BrN. The van der Waals surface area contributed by atoms with Crippen molar-refractivity contribution in [1.82, 2.24) is 5.32 Å². The Balaban J connectivity index is 1.83. The van der Waals surface area contributed by atoms with E-state index in [0.29, 0.717) is 0 Å². The second kappa shape index (κ2) is 5.25. The number of nitrogens with one attached hydrogen (secondary N) is 1. The Kier molecular flexibility index (Phi) is 3.48. The van der Waals surface area contributed by atoms with E-state index in [9.17, 15) is 0 Å². The van der Waals surface area contributed by atoms with E-state index < -0.39 is 0 Å². The Labute approximate surface area is 116 Å². The van der Waals surface area contributed by atoms with Crippen LogP contribution in [0.4, 0.5) is 0 Å². The molecule has 0 aromatic heterocycles. The second-order valence-electron chi connectivity index (χ2n) is 4.84. The smallest absolute Gasteiger partial charge is 0.0253 e. The van der Waals surface area contributed by atoms with Gasteiger partial charge in [0.1, 0.15) is 0 Å². The molecule has 2 heteroatoms. The molecule has 0 bridgehead atoms. The summed E-state index contributed by atoms with van der Waals surface area (Å²) in [4.78, 5) is 0. The molecule has 0 saturated heterocycles. The molecule has 2 aromatic carbocycles. The molecule has 0 heterocycles. The fraction of sp³-hybridized carbons (Fsp3) is 0.250. The molecule has 18 heavy (non-hydrogen) atoms. The minimum absolute atomic E-state index is 0.761. The minimum Gasteiger partial charge on any atom is -0.310 e. The summed E-state index contributed by atoms with van der Waals surface area (Å²) in [6.45, 7) is 0.975. The Morgan fingerprint density at radius 1 is 1.06 bits per heavy atom. The maximum atomic E-state index is 3.61. The van der Waals surface area contributed by atoms with Gasteiger partial charge in [0.25, 0.3) is 0 Å². The molecule has 1 aliphatic carbocycles. The van der Waals surface area contributed by atoms with E-state index in [-0.39, 0.29) is 0 Å². The topological polar surface area (TPSA) is 12.0 Å². The van der Waals surface area contributed by atoms with Crippen LogP contribution < -0.4 is 5.32 Å². The molecule has 0 atom stereocenters. The summed E-state index contributed by atoms with van der Waals surface area (Å²) < 4.78 is 1.15. The Hall–Kier alpha value is -1.12. The van der Waals surface area contributed by atoms with E-state index in [1.54, 1.807) is 0 Å². The molecule has 1 fully saturated rings. The number of rotatable bonds is 4. The van der Waals surface area contributed by atoms with Gasteiger partial charge >= 0.3 is 0 Å². The quantitative estimate of drug-likeness (QED) is 0.884. The lowest BCUT2D eigenvalue weighted by Crippen LogP contribution is -2.15. The van der Waals surface area contributed by atoms with Crippen molar-refractivity contribution in [3.63, 3.8) is 0 Å². The van der Waals surface area contributed by atoms with Gasteiger partial charge in [0, 0.05) is 17.1 Å². The van der Waals surface area contributed by atoms with E-state index in [1.165, 1.54) is 29.5 Å². The molecule has 0 spiro atoms. The van der Waals surface area contributed by atoms with Crippen LogP contribution in [0.5, 0.6) is 0 Å². The third kappa shape index (κ3) is 2.82. The predicted octanol–water partition coefficient (Wildman–Crippen LogP) is 4.37. The van der Waals surface area contributed by atoms with Crippen molar-refractivity contribution in [3.8, 4) is 11.1 Å². The zero-order chi connectivity index (χ0) is 12.4. The van der Waals surface area contributed by atoms with Gasteiger partial charge in [-0.25, -0.2) is 0 Å². The van der Waals surface area contributed by atoms with Gasteiger partial charge in [-0.05, 0) is 41.7 Å². The van der Waals surface area contributed by atoms with Crippen LogP contribution in [0.3, 0.4) is 0 Å². The van der Waals surface area contributed by atoms with Crippen molar-refractivity contribution in [2.45, 2.75) is 25.4 Å². The third-order valence-electron chi connectivity index (χ3n) is 3.28. The molecule has 0 amide bonds. The highest BCUT2D eigenvalue weighted by Gasteiger charge is 2.19. The summed E-state index contributed by atoms with van der Waals surface area (Å²) >= 11 is 3.61. The van der Waals surface area contributed by atoms with Crippen LogP contribution in [-0.2, 0) is 6.54 Å². The number of hydrogen-bond donors (Lipinski definition) is 1. The SMILES string of the molecule is Brc1ccccc1-c1cccc(CNC2CC2)c1. The Morgan fingerprint density at radius 2 is 1.89 bits per heavy atom. The summed E-state index contributed by atoms with van der Waals surface area (Å²) in [6.07, 6.45) is 2.67. The van der Waals surface area contributed by atoms with Crippen molar-refractivity contribution in [2.75, 3.05) is 0 Å². The van der Waals surface area contributed by atoms with Gasteiger partial charge < -0.3 is 5.32 Å². The maximum absolute atomic E-state index is 3.61. The lowest BCUT2D eigenvalue weighted by molar-refractivity contribution is 0.688. The molecule has 1 saturated carbocycles. The summed E-state index contributed by atoms with van der Waals surface area (Å²) in [5.41, 5.74) is 3.89. The van der Waals surface area contributed by atoms with Crippen LogP contribution in [0.15, 0.2) is 53.0 Å². The number of benzene rings is 2. The first-order valence-electron chi connectivity index (χ1n) is 6.40. The van der Waals surface area contributed by atoms with E-state index in [4.69, 9.17) is 0 Å². The molecule has 1 nitrogen and oxygen atoms in total. The first-order chi connectivity index (χ1) is 8.83. The minimum atomic E-state index is 0.761. The largest absolute Gasteiger partial charge is 0.310 e. The van der Waals surface area contributed by atoms with Crippen molar-refractivity contribution >= 4 is 15.9 Å². The summed E-state index contributed by atoms with van der Waals surface area (Å²) in [5, 5.41) is 3.55. The first kappa shape index (κ1) is 11.9. The zero-order valence-electron chi connectivity index (χ0n) is 10.2. The lowest BCUT2D eigenvalue weighted by atomic mass is 10.0. The fourth-order valence-electron chi connectivity index (χ4n) is 2.09. The van der Waals surface area contributed by atoms with Crippen LogP contribution in [0.1, 0.15) is 18.4 Å². The van der Waals surface area contributed by atoms with E-state index >= 15 is 0 Å². The van der Waals surface area contributed by atoms with Crippen LogP contribution >= 0.6 is 15.9 Å². The third-order valence-corrected chi connectivity index (χ3v) is 3.98. The molecule has 0 radical (unpaired) electrons. The molecule has 3 rings (SSSR count). The zero-order valence-corrected chi connectivity index (χ0v) is 11.8. The molecule has 92 valence electrons. The molecule has 1 N–H and O–H groups in total. The van der Waals surface area contributed by atoms with Gasteiger partial charge in [-0.3, -0.25) is 0 Å². The Bertz CT molecular complexity index is 546. The molecule has 2 aromatic rings. The van der Waals surface area contributed by atoms with Gasteiger partial charge in [-0.15, -0.1) is 0 Å². The molecule has 0 aliphatic heterocycles. The first-order valence-corrected chi connectivity index (χ1v) is 7.19. The van der Waals surface area contributed by atoms with Gasteiger partial charge in [0.05, 0.1) is 0 Å². The van der Waals surface area contributed by atoms with Crippen LogP contribution in [0.2, 0.25) is 0 Å². The van der Waals surface area contributed by atoms with Gasteiger partial charge in [0.15, 0.2) is 0 Å². The lowest BCUT2D eigenvalue weighted by Gasteiger charge is -2.08. The average Bonchev–Trinajstić information content (AvgIpc) is 3.21. The van der Waals surface area contributed by atoms with Gasteiger partial charge in [-0.2, -0.15) is 0 Å². The predicted molar refractivity (Wildman–Crippen MR) is 79.4 cm³/mol.